The van der Waals surface area contributed by atoms with Gasteiger partial charge in [-0.2, -0.15) is 23.5 Å². The summed E-state index contributed by atoms with van der Waals surface area (Å²) in [4.78, 5) is 0. The number of hydrogen-bond acceptors (Lipinski definition) is 2. The Morgan fingerprint density at radius 3 is 1.93 bits per heavy atom. The van der Waals surface area contributed by atoms with Crippen LogP contribution in [0, 0.1) is 5.41 Å². The first-order valence-electron chi connectivity index (χ1n) is 6.11. The molecule has 0 aromatic heterocycles. The first-order chi connectivity index (χ1) is 6.88. The minimum atomic E-state index is 0.777. The molecular formula is C12H20S2. The van der Waals surface area contributed by atoms with E-state index in [0.717, 1.165) is 15.9 Å². The van der Waals surface area contributed by atoms with Gasteiger partial charge in [0, 0.05) is 22.0 Å². The van der Waals surface area contributed by atoms with E-state index >= 15 is 0 Å². The van der Waals surface area contributed by atoms with E-state index in [1.54, 1.807) is 0 Å². The highest BCUT2D eigenvalue weighted by Crippen LogP contribution is 2.51. The Balaban J connectivity index is 1.70. The van der Waals surface area contributed by atoms with Gasteiger partial charge in [0.1, 0.15) is 0 Å². The highest BCUT2D eigenvalue weighted by atomic mass is 32.2. The fourth-order valence-corrected chi connectivity index (χ4v) is 7.18. The second-order valence-corrected chi connectivity index (χ2v) is 7.79. The summed E-state index contributed by atoms with van der Waals surface area (Å²) in [6, 6.07) is 0. The summed E-state index contributed by atoms with van der Waals surface area (Å²) in [6.45, 7) is 0. The Kier molecular flexibility index (Phi) is 2.78. The van der Waals surface area contributed by atoms with Gasteiger partial charge in [-0.3, -0.25) is 0 Å². The molecule has 0 radical (unpaired) electrons. The Bertz CT molecular complexity index is 192. The summed E-state index contributed by atoms with van der Waals surface area (Å²) >= 11 is 4.66. The summed E-state index contributed by atoms with van der Waals surface area (Å²) in [6.07, 6.45) is 10.6. The van der Waals surface area contributed by atoms with Crippen molar-refractivity contribution in [3.63, 3.8) is 0 Å². The minimum absolute atomic E-state index is 0.777. The van der Waals surface area contributed by atoms with Crippen LogP contribution in [0.1, 0.15) is 44.9 Å². The summed E-state index contributed by atoms with van der Waals surface area (Å²) < 4.78 is 0. The lowest BCUT2D eigenvalue weighted by Gasteiger charge is -2.26. The maximum Gasteiger partial charge on any atom is 0.0166 e. The third kappa shape index (κ3) is 1.73. The molecule has 2 heteroatoms. The molecule has 0 unspecified atom stereocenters. The average molecular weight is 228 g/mol. The molecule has 0 amide bonds. The van der Waals surface area contributed by atoms with Crippen molar-refractivity contribution in [1.29, 1.82) is 0 Å². The quantitative estimate of drug-likeness (QED) is 0.616. The molecular weight excluding hydrogens is 208 g/mol. The van der Waals surface area contributed by atoms with E-state index in [-0.39, 0.29) is 0 Å². The fraction of sp³-hybridized carbons (Fsp3) is 1.00. The Morgan fingerprint density at radius 2 is 1.36 bits per heavy atom. The van der Waals surface area contributed by atoms with E-state index in [4.69, 9.17) is 0 Å². The van der Waals surface area contributed by atoms with Gasteiger partial charge in [-0.1, -0.05) is 19.3 Å². The molecule has 1 aliphatic heterocycles. The first-order valence-corrected chi connectivity index (χ1v) is 8.21. The van der Waals surface area contributed by atoms with E-state index in [9.17, 15) is 0 Å². The number of rotatable bonds is 0. The Morgan fingerprint density at radius 1 is 0.786 bits per heavy atom. The van der Waals surface area contributed by atoms with E-state index in [0.29, 0.717) is 0 Å². The van der Waals surface area contributed by atoms with Crippen LogP contribution < -0.4 is 0 Å². The van der Waals surface area contributed by atoms with Gasteiger partial charge < -0.3 is 0 Å². The van der Waals surface area contributed by atoms with Crippen molar-refractivity contribution in [2.24, 2.45) is 5.41 Å². The van der Waals surface area contributed by atoms with Crippen molar-refractivity contribution in [3.05, 3.63) is 0 Å². The molecule has 14 heavy (non-hydrogen) atoms. The lowest BCUT2D eigenvalue weighted by atomic mass is 9.91. The van der Waals surface area contributed by atoms with Gasteiger partial charge in [0.25, 0.3) is 0 Å². The van der Waals surface area contributed by atoms with Crippen molar-refractivity contribution in [2.75, 3.05) is 11.5 Å². The monoisotopic (exact) mass is 228 g/mol. The second-order valence-electron chi connectivity index (χ2n) is 5.34. The molecule has 2 atom stereocenters. The van der Waals surface area contributed by atoms with Crippen LogP contribution >= 0.6 is 23.5 Å². The fourth-order valence-electron chi connectivity index (χ4n) is 3.30. The largest absolute Gasteiger partial charge is 0.157 e. The van der Waals surface area contributed by atoms with Gasteiger partial charge >= 0.3 is 0 Å². The van der Waals surface area contributed by atoms with Gasteiger partial charge in [0.15, 0.2) is 0 Å². The molecule has 3 fully saturated rings. The molecule has 0 N–H and O–H groups in total. The molecule has 0 nitrogen and oxygen atoms in total. The van der Waals surface area contributed by atoms with Crippen LogP contribution in [0.25, 0.3) is 0 Å². The van der Waals surface area contributed by atoms with Crippen molar-refractivity contribution in [3.8, 4) is 0 Å². The van der Waals surface area contributed by atoms with Gasteiger partial charge in [0.05, 0.1) is 0 Å². The van der Waals surface area contributed by atoms with Crippen LogP contribution in [0.5, 0.6) is 0 Å². The normalized spacial score (nSPS) is 41.1. The van der Waals surface area contributed by atoms with Crippen LogP contribution in [0.3, 0.4) is 0 Å². The van der Waals surface area contributed by atoms with Gasteiger partial charge in [0.2, 0.25) is 0 Å². The first kappa shape index (κ1) is 9.89. The zero-order chi connectivity index (χ0) is 9.43. The van der Waals surface area contributed by atoms with Crippen molar-refractivity contribution < 1.29 is 0 Å². The predicted octanol–water partition coefficient (Wildman–Crippen LogP) is 3.95. The summed E-state index contributed by atoms with van der Waals surface area (Å²) in [5.74, 6) is 2.97. The van der Waals surface area contributed by atoms with Crippen LogP contribution in [-0.4, -0.2) is 22.0 Å². The van der Waals surface area contributed by atoms with Crippen molar-refractivity contribution in [2.45, 2.75) is 55.4 Å². The summed E-state index contributed by atoms with van der Waals surface area (Å²) in [5.41, 5.74) is 0.777. The number of fused-ring (bicyclic) bond motifs is 1. The van der Waals surface area contributed by atoms with Crippen LogP contribution in [0.15, 0.2) is 0 Å². The maximum absolute atomic E-state index is 2.33. The van der Waals surface area contributed by atoms with E-state index in [2.05, 4.69) is 23.5 Å². The van der Waals surface area contributed by atoms with E-state index in [1.165, 1.54) is 56.5 Å². The molecule has 3 rings (SSSR count). The lowest BCUT2D eigenvalue weighted by Crippen LogP contribution is -2.22. The minimum Gasteiger partial charge on any atom is -0.157 e. The highest BCUT2D eigenvalue weighted by Gasteiger charge is 2.40. The molecule has 2 saturated carbocycles. The smallest absolute Gasteiger partial charge is 0.0166 e. The van der Waals surface area contributed by atoms with Crippen molar-refractivity contribution >= 4 is 23.5 Å². The van der Waals surface area contributed by atoms with E-state index in [1.807, 2.05) is 0 Å². The second kappa shape index (κ2) is 3.93. The average Bonchev–Trinajstić information content (AvgIpc) is 2.77. The summed E-state index contributed by atoms with van der Waals surface area (Å²) in [7, 11) is 0. The molecule has 1 spiro atoms. The SMILES string of the molecule is C1C[C@@H]2SCC3(CCCC3)CS[C@H]2C1. The Hall–Kier alpha value is 0.700. The topological polar surface area (TPSA) is 0 Å². The molecule has 0 aromatic rings. The molecule has 2 aliphatic carbocycles. The predicted molar refractivity (Wildman–Crippen MR) is 67.2 cm³/mol. The summed E-state index contributed by atoms with van der Waals surface area (Å²) in [5, 5.41) is 2.06. The van der Waals surface area contributed by atoms with Crippen LogP contribution in [-0.2, 0) is 0 Å². The maximum atomic E-state index is 2.33. The zero-order valence-electron chi connectivity index (χ0n) is 8.84. The van der Waals surface area contributed by atoms with E-state index < -0.39 is 0 Å². The van der Waals surface area contributed by atoms with Crippen LogP contribution in [0.2, 0.25) is 0 Å². The highest BCUT2D eigenvalue weighted by molar-refractivity contribution is 8.04. The third-order valence-electron chi connectivity index (χ3n) is 4.26. The molecule has 1 saturated heterocycles. The molecule has 0 bridgehead atoms. The molecule has 80 valence electrons. The lowest BCUT2D eigenvalue weighted by molar-refractivity contribution is 0.403. The third-order valence-corrected chi connectivity index (χ3v) is 7.98. The number of hydrogen-bond donors (Lipinski definition) is 0. The molecule has 1 heterocycles. The standard InChI is InChI=1S/C12H20S2/c1-2-7-12(6-1)8-13-10-4-3-5-11(10)14-9-12/h10-11H,1-9H2/t10-,11-/m0/s1. The number of thioether (sulfide) groups is 2. The van der Waals surface area contributed by atoms with Crippen LogP contribution in [0.4, 0.5) is 0 Å². The molecule has 0 aromatic carbocycles. The van der Waals surface area contributed by atoms with Gasteiger partial charge in [-0.05, 0) is 31.1 Å². The Labute approximate surface area is 96.0 Å². The van der Waals surface area contributed by atoms with Gasteiger partial charge in [-0.25, -0.2) is 0 Å². The molecule has 3 aliphatic rings. The van der Waals surface area contributed by atoms with Crippen molar-refractivity contribution in [1.82, 2.24) is 0 Å². The van der Waals surface area contributed by atoms with Gasteiger partial charge in [-0.15, -0.1) is 0 Å². The zero-order valence-corrected chi connectivity index (χ0v) is 10.5.